The van der Waals surface area contributed by atoms with Crippen LogP contribution in [0.1, 0.15) is 49.4 Å². The lowest BCUT2D eigenvalue weighted by Crippen LogP contribution is -2.38. The molecule has 1 saturated carbocycles. The van der Waals surface area contributed by atoms with E-state index < -0.39 is 0 Å². The van der Waals surface area contributed by atoms with Crippen LogP contribution in [0.3, 0.4) is 0 Å². The number of rotatable bonds is 7. The quantitative estimate of drug-likeness (QED) is 0.786. The van der Waals surface area contributed by atoms with Gasteiger partial charge in [0.1, 0.15) is 5.75 Å². The average Bonchev–Trinajstić information content (AvgIpc) is 2.65. The lowest BCUT2D eigenvalue weighted by Gasteiger charge is -2.36. The maximum absolute atomic E-state index is 9.88. The van der Waals surface area contributed by atoms with Gasteiger partial charge in [0.2, 0.25) is 0 Å². The summed E-state index contributed by atoms with van der Waals surface area (Å²) in [5, 5.41) is 9.88. The van der Waals surface area contributed by atoms with Gasteiger partial charge in [-0.2, -0.15) is 0 Å². The van der Waals surface area contributed by atoms with Crippen LogP contribution in [-0.2, 0) is 19.6 Å². The largest absolute Gasteiger partial charge is 0.506 e. The molecule has 1 aliphatic rings. The zero-order valence-electron chi connectivity index (χ0n) is 16.9. The van der Waals surface area contributed by atoms with E-state index >= 15 is 0 Å². The zero-order chi connectivity index (χ0) is 19.2. The van der Waals surface area contributed by atoms with Crippen molar-refractivity contribution in [3.8, 4) is 5.75 Å². The van der Waals surface area contributed by atoms with Gasteiger partial charge in [0, 0.05) is 31.9 Å². The van der Waals surface area contributed by atoms with Gasteiger partial charge in [-0.25, -0.2) is 0 Å². The first kappa shape index (κ1) is 19.8. The Morgan fingerprint density at radius 3 is 2.30 bits per heavy atom. The van der Waals surface area contributed by atoms with Crippen LogP contribution in [0.2, 0.25) is 0 Å². The molecular weight excluding hydrogens is 334 g/mol. The number of pyridine rings is 1. The van der Waals surface area contributed by atoms with Crippen LogP contribution in [0.4, 0.5) is 0 Å². The summed E-state index contributed by atoms with van der Waals surface area (Å²) in [6, 6.07) is 13.1. The topological polar surface area (TPSA) is 39.6 Å². The minimum atomic E-state index is 0.264. The van der Waals surface area contributed by atoms with Crippen molar-refractivity contribution in [3.63, 3.8) is 0 Å². The second-order valence-electron chi connectivity index (χ2n) is 8.20. The molecule has 146 valence electrons. The molecular formula is C23H33N3O. The van der Waals surface area contributed by atoms with Crippen LogP contribution < -0.4 is 0 Å². The number of hydrogen-bond acceptors (Lipinski definition) is 4. The first-order chi connectivity index (χ1) is 13.0. The Kier molecular flexibility index (Phi) is 6.86. The van der Waals surface area contributed by atoms with E-state index in [-0.39, 0.29) is 5.75 Å². The Labute approximate surface area is 163 Å². The number of benzene rings is 1. The first-order valence-electron chi connectivity index (χ1n) is 10.1. The maximum Gasteiger partial charge on any atom is 0.138 e. The lowest BCUT2D eigenvalue weighted by molar-refractivity contribution is 0.133. The normalized spacial score (nSPS) is 20.3. The van der Waals surface area contributed by atoms with Gasteiger partial charge in [-0.1, -0.05) is 44.0 Å². The van der Waals surface area contributed by atoms with Gasteiger partial charge in [-0.15, -0.1) is 0 Å². The van der Waals surface area contributed by atoms with Crippen molar-refractivity contribution in [1.82, 2.24) is 14.8 Å². The minimum absolute atomic E-state index is 0.264. The monoisotopic (exact) mass is 367 g/mol. The molecule has 1 aliphatic carbocycles. The van der Waals surface area contributed by atoms with Crippen LogP contribution in [0.15, 0.2) is 42.6 Å². The summed E-state index contributed by atoms with van der Waals surface area (Å²) in [5.41, 5.74) is 3.38. The second kappa shape index (κ2) is 9.34. The van der Waals surface area contributed by atoms with Crippen molar-refractivity contribution in [2.45, 2.75) is 58.3 Å². The molecule has 2 aromatic rings. The molecule has 0 saturated heterocycles. The molecule has 1 aromatic carbocycles. The molecule has 0 radical (unpaired) electrons. The van der Waals surface area contributed by atoms with Crippen molar-refractivity contribution in [3.05, 3.63) is 59.4 Å². The third-order valence-corrected chi connectivity index (χ3v) is 5.83. The van der Waals surface area contributed by atoms with E-state index in [0.717, 1.165) is 30.7 Å². The SMILES string of the molecule is C[C@H]1CCCC[C@H]1N(C)Cc1ccc(CN(C)Cc2ncccc2O)cc1. The van der Waals surface area contributed by atoms with E-state index in [4.69, 9.17) is 0 Å². The fourth-order valence-electron chi connectivity index (χ4n) is 4.28. The highest BCUT2D eigenvalue weighted by Crippen LogP contribution is 2.28. The standard InChI is InChI=1S/C23H33N3O/c1-18-7-4-5-8-22(18)26(3)16-20-12-10-19(11-13-20)15-25(2)17-21-23(27)9-6-14-24-21/h6,9-14,18,22,27H,4-5,7-8,15-17H2,1-3H3/t18-,22+/m0/s1. The molecule has 4 nitrogen and oxygen atoms in total. The van der Waals surface area contributed by atoms with Crippen molar-refractivity contribution in [1.29, 1.82) is 0 Å². The molecule has 0 aliphatic heterocycles. The van der Waals surface area contributed by atoms with Crippen molar-refractivity contribution in [2.75, 3.05) is 14.1 Å². The van der Waals surface area contributed by atoms with E-state index in [1.165, 1.54) is 36.8 Å². The molecule has 1 heterocycles. The Morgan fingerprint density at radius 2 is 1.63 bits per heavy atom. The molecule has 0 amide bonds. The molecule has 3 rings (SSSR count). The van der Waals surface area contributed by atoms with Crippen LogP contribution in [0.5, 0.6) is 5.75 Å². The Balaban J connectivity index is 1.53. The van der Waals surface area contributed by atoms with Crippen molar-refractivity contribution >= 4 is 0 Å². The predicted octanol–water partition coefficient (Wildman–Crippen LogP) is 4.43. The minimum Gasteiger partial charge on any atom is -0.506 e. The lowest BCUT2D eigenvalue weighted by atomic mass is 9.85. The summed E-state index contributed by atoms with van der Waals surface area (Å²) in [5.74, 6) is 1.07. The average molecular weight is 368 g/mol. The summed E-state index contributed by atoms with van der Waals surface area (Å²) in [6.07, 6.45) is 7.19. The second-order valence-corrected chi connectivity index (χ2v) is 8.20. The third kappa shape index (κ3) is 5.53. The van der Waals surface area contributed by atoms with Gasteiger partial charge < -0.3 is 5.11 Å². The summed E-state index contributed by atoms with van der Waals surface area (Å²) >= 11 is 0. The summed E-state index contributed by atoms with van der Waals surface area (Å²) in [6.45, 7) is 4.90. The van der Waals surface area contributed by atoms with Crippen LogP contribution >= 0.6 is 0 Å². The molecule has 1 aromatic heterocycles. The molecule has 0 unspecified atom stereocenters. The van der Waals surface area contributed by atoms with Gasteiger partial charge in [0.05, 0.1) is 5.69 Å². The summed E-state index contributed by atoms with van der Waals surface area (Å²) < 4.78 is 0. The fourth-order valence-corrected chi connectivity index (χ4v) is 4.28. The smallest absolute Gasteiger partial charge is 0.138 e. The number of nitrogens with zero attached hydrogens (tertiary/aromatic N) is 3. The molecule has 27 heavy (non-hydrogen) atoms. The van der Waals surface area contributed by atoms with Gasteiger partial charge in [-0.05, 0) is 56.1 Å². The molecule has 2 atom stereocenters. The Bertz CT molecular complexity index is 716. The number of hydrogen-bond donors (Lipinski definition) is 1. The zero-order valence-corrected chi connectivity index (χ0v) is 16.9. The highest BCUT2D eigenvalue weighted by atomic mass is 16.3. The van der Waals surface area contributed by atoms with Gasteiger partial charge >= 0.3 is 0 Å². The maximum atomic E-state index is 9.88. The molecule has 1 N–H and O–H groups in total. The van der Waals surface area contributed by atoms with E-state index in [1.54, 1.807) is 18.3 Å². The van der Waals surface area contributed by atoms with Gasteiger partial charge in [0.15, 0.2) is 0 Å². The number of aromatic hydroxyl groups is 1. The van der Waals surface area contributed by atoms with Crippen LogP contribution in [0.25, 0.3) is 0 Å². The van der Waals surface area contributed by atoms with Crippen molar-refractivity contribution < 1.29 is 5.11 Å². The summed E-state index contributed by atoms with van der Waals surface area (Å²) in [4.78, 5) is 8.97. The van der Waals surface area contributed by atoms with Crippen molar-refractivity contribution in [2.24, 2.45) is 5.92 Å². The molecule has 0 spiro atoms. The van der Waals surface area contributed by atoms with Gasteiger partial charge in [-0.3, -0.25) is 14.8 Å². The van der Waals surface area contributed by atoms with E-state index in [1.807, 2.05) is 0 Å². The van der Waals surface area contributed by atoms with Crippen LogP contribution in [-0.4, -0.2) is 40.0 Å². The Hall–Kier alpha value is -1.91. The van der Waals surface area contributed by atoms with Gasteiger partial charge in [0.25, 0.3) is 0 Å². The van der Waals surface area contributed by atoms with Crippen LogP contribution in [0, 0.1) is 5.92 Å². The molecule has 0 bridgehead atoms. The molecule has 1 fully saturated rings. The predicted molar refractivity (Wildman–Crippen MR) is 110 cm³/mol. The highest BCUT2D eigenvalue weighted by molar-refractivity contribution is 5.25. The first-order valence-corrected chi connectivity index (χ1v) is 10.1. The Morgan fingerprint density at radius 1 is 0.963 bits per heavy atom. The molecule has 4 heteroatoms. The third-order valence-electron chi connectivity index (χ3n) is 5.83. The van der Waals surface area contributed by atoms with E-state index in [0.29, 0.717) is 6.54 Å². The number of aromatic nitrogens is 1. The summed E-state index contributed by atoms with van der Waals surface area (Å²) in [7, 11) is 4.33. The van der Waals surface area contributed by atoms with E-state index in [9.17, 15) is 5.11 Å². The fraction of sp³-hybridized carbons (Fsp3) is 0.522. The van der Waals surface area contributed by atoms with E-state index in [2.05, 4.69) is 60.1 Å². The highest BCUT2D eigenvalue weighted by Gasteiger charge is 2.24.